The van der Waals surface area contributed by atoms with E-state index in [-0.39, 0.29) is 44.1 Å². The third-order valence-electron chi connectivity index (χ3n) is 6.22. The van der Waals surface area contributed by atoms with E-state index < -0.39 is 0 Å². The predicted molar refractivity (Wildman–Crippen MR) is 113 cm³/mol. The van der Waals surface area contributed by atoms with Crippen molar-refractivity contribution in [3.8, 4) is 0 Å². The van der Waals surface area contributed by atoms with Crippen molar-refractivity contribution < 1.29 is 48.9 Å². The Balaban J connectivity index is 0.00000240. The van der Waals surface area contributed by atoms with Crippen molar-refractivity contribution in [1.29, 1.82) is 0 Å². The maximum atomic E-state index is 12.7. The summed E-state index contributed by atoms with van der Waals surface area (Å²) in [6, 6.07) is 10.6. The van der Waals surface area contributed by atoms with Crippen molar-refractivity contribution >= 4 is 5.78 Å². The summed E-state index contributed by atoms with van der Waals surface area (Å²) in [7, 11) is 0. The number of hydrogen-bond donors (Lipinski definition) is 0. The van der Waals surface area contributed by atoms with E-state index in [1.54, 1.807) is 0 Å². The maximum absolute atomic E-state index is 12.7. The molecule has 3 heterocycles. The number of Topliss-reactive ketones (excluding diaryl/α,β-unsaturated/α-hetero) is 1. The molecule has 4 rings (SSSR count). The normalized spacial score (nSPS) is 17.8. The Morgan fingerprint density at radius 2 is 1.90 bits per heavy atom. The van der Waals surface area contributed by atoms with E-state index in [1.807, 2.05) is 24.5 Å². The number of rotatable bonds is 6. The van der Waals surface area contributed by atoms with E-state index in [1.165, 1.54) is 16.7 Å². The molecule has 2 aliphatic heterocycles. The van der Waals surface area contributed by atoms with Crippen LogP contribution in [0.4, 0.5) is 0 Å². The minimum Gasteiger partial charge on any atom is -0.662 e. The van der Waals surface area contributed by atoms with Crippen molar-refractivity contribution in [2.24, 2.45) is 5.92 Å². The Kier molecular flexibility index (Phi) is 9.31. The molecule has 0 atom stereocenters. The van der Waals surface area contributed by atoms with Gasteiger partial charge in [0.05, 0.1) is 0 Å². The zero-order valence-electron chi connectivity index (χ0n) is 17.2. The van der Waals surface area contributed by atoms with E-state index in [4.69, 9.17) is 0 Å². The molecule has 1 aromatic heterocycles. The molecule has 0 spiro atoms. The summed E-state index contributed by atoms with van der Waals surface area (Å²) in [6.07, 6.45) is 9.85. The first-order valence-corrected chi connectivity index (χ1v) is 10.7. The fourth-order valence-corrected chi connectivity index (χ4v) is 4.42. The fourth-order valence-electron chi connectivity index (χ4n) is 4.42. The van der Waals surface area contributed by atoms with Gasteiger partial charge in [-0.2, -0.15) is 0 Å². The summed E-state index contributed by atoms with van der Waals surface area (Å²) in [5.74, 6) is 0.991. The number of carbonyl (C=O) groups is 1. The molecule has 29 heavy (non-hydrogen) atoms. The minimum absolute atomic E-state index is 0. The van der Waals surface area contributed by atoms with Crippen LogP contribution in [0.2, 0.25) is 0 Å². The number of hydrogen-bond acceptors (Lipinski definition) is 3. The Hall–Kier alpha value is -0.598. The number of carbonyl (C=O) groups excluding carboxylic acids is 1. The summed E-state index contributed by atoms with van der Waals surface area (Å²) >= 11 is 0. The first-order chi connectivity index (χ1) is 13.8. The molecule has 2 aromatic rings. The smallest absolute Gasteiger partial charge is 0.162 e. The predicted octanol–water partition coefficient (Wildman–Crippen LogP) is 4.43. The van der Waals surface area contributed by atoms with Gasteiger partial charge < -0.3 is 5.32 Å². The largest absolute Gasteiger partial charge is 0.662 e. The summed E-state index contributed by atoms with van der Waals surface area (Å²) < 4.78 is 0. The topological polar surface area (TPSA) is 47.3 Å². The molecule has 0 unspecified atom stereocenters. The third kappa shape index (κ3) is 6.69. The molecule has 5 heteroatoms. The van der Waals surface area contributed by atoms with Crippen LogP contribution in [0.25, 0.3) is 5.32 Å². The van der Waals surface area contributed by atoms with Gasteiger partial charge in [0.1, 0.15) is 0 Å². The van der Waals surface area contributed by atoms with Crippen molar-refractivity contribution in [2.75, 3.05) is 26.2 Å². The van der Waals surface area contributed by atoms with Crippen LogP contribution < -0.4 is 0 Å². The number of fused-ring (bicyclic) bond motifs is 1. The van der Waals surface area contributed by atoms with E-state index in [2.05, 4.69) is 33.4 Å². The Morgan fingerprint density at radius 1 is 1.10 bits per heavy atom. The van der Waals surface area contributed by atoms with Gasteiger partial charge in [0, 0.05) is 88.1 Å². The molecule has 0 saturated carbocycles. The zero-order valence-corrected chi connectivity index (χ0v) is 22.0. The first-order valence-electron chi connectivity index (χ1n) is 10.7. The van der Waals surface area contributed by atoms with Crippen LogP contribution in [-0.4, -0.2) is 41.8 Å². The van der Waals surface area contributed by atoms with Gasteiger partial charge in [0.25, 0.3) is 0 Å². The summed E-state index contributed by atoms with van der Waals surface area (Å²) in [4.78, 5) is 19.4. The Morgan fingerprint density at radius 3 is 2.66 bits per heavy atom. The zero-order chi connectivity index (χ0) is 19.2. The van der Waals surface area contributed by atoms with Crippen molar-refractivity contribution in [2.45, 2.75) is 45.1 Å². The van der Waals surface area contributed by atoms with Gasteiger partial charge in [-0.05, 0) is 54.0 Å². The van der Waals surface area contributed by atoms with Crippen LogP contribution in [0.3, 0.4) is 0 Å². The molecular weight excluding hydrogens is 573 g/mol. The molecule has 0 N–H and O–H groups in total. The van der Waals surface area contributed by atoms with E-state index in [9.17, 15) is 4.79 Å². The van der Waals surface area contributed by atoms with Crippen LogP contribution in [0, 0.1) is 50.0 Å². The van der Waals surface area contributed by atoms with E-state index in [0.717, 1.165) is 70.4 Å². The number of aromatic nitrogens is 1. The Bertz CT molecular complexity index is 790. The van der Waals surface area contributed by atoms with Gasteiger partial charge in [0.15, 0.2) is 5.78 Å². The first kappa shape index (κ1) is 23.1. The summed E-state index contributed by atoms with van der Waals surface area (Å²) in [6.45, 7) is 4.99. The molecule has 1 aromatic carbocycles. The van der Waals surface area contributed by atoms with Crippen LogP contribution in [0.15, 0.2) is 42.7 Å². The average molecular weight is 604 g/mol. The molecule has 1 radical (unpaired) electrons. The quantitative estimate of drug-likeness (QED) is 0.460. The van der Waals surface area contributed by atoms with Crippen LogP contribution >= 0.6 is 0 Å². The molecule has 1 saturated heterocycles. The second kappa shape index (κ2) is 11.7. The van der Waals surface area contributed by atoms with E-state index in [0.29, 0.717) is 18.1 Å². The standard InChI is InChI=1S/C24H30N3O.Ac/c28-24(6-3-19-7-12-25-13-8-19)23-5-4-21-9-14-27(15-10-22(21)16-23)18-20-2-1-11-26-17-20;/h1-2,4-5,11,16-17,19H,3,6-10,12-15,18H2;/q-1;. The van der Waals surface area contributed by atoms with Crippen LogP contribution in [0.1, 0.15) is 52.7 Å². The molecule has 1 fully saturated rings. The monoisotopic (exact) mass is 603 g/mol. The van der Waals surface area contributed by atoms with Crippen molar-refractivity contribution in [3.05, 3.63) is 70.3 Å². The average Bonchev–Trinajstić information content (AvgIpc) is 2.95. The minimum atomic E-state index is 0. The molecule has 0 aliphatic carbocycles. The maximum Gasteiger partial charge on any atom is 0.162 e. The van der Waals surface area contributed by atoms with Crippen LogP contribution in [0.5, 0.6) is 0 Å². The fraction of sp³-hybridized carbons (Fsp3) is 0.500. The number of ketones is 1. The van der Waals surface area contributed by atoms with Gasteiger partial charge in [-0.25, -0.2) is 0 Å². The molecule has 0 bridgehead atoms. The second-order valence-electron chi connectivity index (χ2n) is 8.20. The van der Waals surface area contributed by atoms with Crippen LogP contribution in [-0.2, 0) is 19.4 Å². The van der Waals surface area contributed by atoms with Gasteiger partial charge in [-0.1, -0.05) is 31.0 Å². The number of nitrogens with zero attached hydrogens (tertiary/aromatic N) is 3. The molecule has 151 valence electrons. The SMILES string of the molecule is O=C(CCC1CC[N-]CC1)c1ccc2c(c1)CCN(Cc1cccnc1)CC2.[Ac]. The number of pyridine rings is 1. The van der Waals surface area contributed by atoms with Gasteiger partial charge in [0.2, 0.25) is 0 Å². The molecular formula is C24H30AcN3O-. The molecule has 4 nitrogen and oxygen atoms in total. The summed E-state index contributed by atoms with van der Waals surface area (Å²) in [5.41, 5.74) is 4.93. The van der Waals surface area contributed by atoms with Gasteiger partial charge in [-0.15, -0.1) is 13.1 Å². The van der Waals surface area contributed by atoms with Crippen molar-refractivity contribution in [1.82, 2.24) is 9.88 Å². The van der Waals surface area contributed by atoms with E-state index >= 15 is 0 Å². The summed E-state index contributed by atoms with van der Waals surface area (Å²) in [5, 5.41) is 4.41. The van der Waals surface area contributed by atoms with Gasteiger partial charge in [-0.3, -0.25) is 14.7 Å². The Labute approximate surface area is 210 Å². The molecule has 0 amide bonds. The third-order valence-corrected chi connectivity index (χ3v) is 6.22. The number of benzene rings is 1. The molecule has 2 aliphatic rings. The second-order valence-corrected chi connectivity index (χ2v) is 8.20. The van der Waals surface area contributed by atoms with Crippen molar-refractivity contribution in [3.63, 3.8) is 0 Å². The number of piperidine rings is 1. The van der Waals surface area contributed by atoms with Gasteiger partial charge >= 0.3 is 0 Å².